The van der Waals surface area contributed by atoms with E-state index in [9.17, 15) is 4.79 Å². The van der Waals surface area contributed by atoms with Crippen molar-refractivity contribution in [1.29, 1.82) is 0 Å². The number of fused-ring (bicyclic) bond motifs is 1. The van der Waals surface area contributed by atoms with Crippen LogP contribution in [0, 0.1) is 0 Å². The van der Waals surface area contributed by atoms with Crippen molar-refractivity contribution in [1.82, 2.24) is 0 Å². The molecule has 2 rings (SSSR count). The molecule has 0 saturated heterocycles. The van der Waals surface area contributed by atoms with Crippen molar-refractivity contribution >= 4 is 33.3 Å². The lowest BCUT2D eigenvalue weighted by Gasteiger charge is -2.17. The SMILES string of the molecule is O=C1CCOc2ccc(Br)c(Cl)c21. The first-order valence-electron chi connectivity index (χ1n) is 3.84. The van der Waals surface area contributed by atoms with Crippen LogP contribution >= 0.6 is 27.5 Å². The number of hydrogen-bond donors (Lipinski definition) is 0. The van der Waals surface area contributed by atoms with Gasteiger partial charge in [0.05, 0.1) is 17.2 Å². The molecule has 1 heterocycles. The number of hydrogen-bond acceptors (Lipinski definition) is 2. The minimum absolute atomic E-state index is 0.0487. The molecule has 1 aliphatic heterocycles. The van der Waals surface area contributed by atoms with Crippen molar-refractivity contribution < 1.29 is 9.53 Å². The Morgan fingerprint density at radius 3 is 3.00 bits per heavy atom. The molecule has 4 heteroatoms. The summed E-state index contributed by atoms with van der Waals surface area (Å²) in [4.78, 5) is 11.5. The maximum Gasteiger partial charge on any atom is 0.171 e. The summed E-state index contributed by atoms with van der Waals surface area (Å²) in [6, 6.07) is 3.53. The molecule has 0 atom stereocenters. The van der Waals surface area contributed by atoms with Gasteiger partial charge in [-0.25, -0.2) is 0 Å². The number of ketones is 1. The monoisotopic (exact) mass is 260 g/mol. The van der Waals surface area contributed by atoms with E-state index in [0.717, 1.165) is 4.47 Å². The van der Waals surface area contributed by atoms with Crippen LogP contribution in [0.5, 0.6) is 5.75 Å². The summed E-state index contributed by atoms with van der Waals surface area (Å²) in [7, 11) is 0. The van der Waals surface area contributed by atoms with Gasteiger partial charge in [0, 0.05) is 10.9 Å². The van der Waals surface area contributed by atoms with Crippen LogP contribution in [0.3, 0.4) is 0 Å². The molecule has 13 heavy (non-hydrogen) atoms. The molecule has 0 fully saturated rings. The number of rotatable bonds is 0. The van der Waals surface area contributed by atoms with E-state index in [1.807, 2.05) is 0 Å². The molecule has 0 saturated carbocycles. The number of benzene rings is 1. The largest absolute Gasteiger partial charge is 0.492 e. The fraction of sp³-hybridized carbons (Fsp3) is 0.222. The topological polar surface area (TPSA) is 26.3 Å². The summed E-state index contributed by atoms with van der Waals surface area (Å²) in [5.74, 6) is 0.636. The second kappa shape index (κ2) is 3.31. The molecule has 0 aromatic heterocycles. The van der Waals surface area contributed by atoms with Crippen molar-refractivity contribution in [2.45, 2.75) is 6.42 Å². The van der Waals surface area contributed by atoms with Gasteiger partial charge >= 0.3 is 0 Å². The predicted octanol–water partition coefficient (Wildman–Crippen LogP) is 3.07. The van der Waals surface area contributed by atoms with E-state index >= 15 is 0 Å². The van der Waals surface area contributed by atoms with Crippen LogP contribution < -0.4 is 4.74 Å². The molecule has 0 aliphatic carbocycles. The van der Waals surface area contributed by atoms with E-state index in [-0.39, 0.29) is 5.78 Å². The van der Waals surface area contributed by atoms with Gasteiger partial charge in [-0.1, -0.05) is 11.6 Å². The maximum absolute atomic E-state index is 11.5. The van der Waals surface area contributed by atoms with Crippen molar-refractivity contribution in [3.8, 4) is 5.75 Å². The van der Waals surface area contributed by atoms with Gasteiger partial charge in [-0.05, 0) is 28.1 Å². The highest BCUT2D eigenvalue weighted by molar-refractivity contribution is 9.10. The molecule has 0 unspecified atom stereocenters. The molecule has 1 aromatic carbocycles. The Morgan fingerprint density at radius 1 is 1.46 bits per heavy atom. The van der Waals surface area contributed by atoms with E-state index in [1.54, 1.807) is 12.1 Å². The Bertz CT molecular complexity index is 376. The van der Waals surface area contributed by atoms with E-state index in [4.69, 9.17) is 16.3 Å². The van der Waals surface area contributed by atoms with Crippen LogP contribution in [-0.2, 0) is 0 Å². The number of Topliss-reactive ketones (excluding diaryl/α,β-unsaturated/α-hetero) is 1. The van der Waals surface area contributed by atoms with Gasteiger partial charge in [0.25, 0.3) is 0 Å². The summed E-state index contributed by atoms with van der Waals surface area (Å²) >= 11 is 9.22. The number of ether oxygens (including phenoxy) is 1. The number of carbonyl (C=O) groups is 1. The smallest absolute Gasteiger partial charge is 0.171 e. The van der Waals surface area contributed by atoms with Crippen molar-refractivity contribution in [2.75, 3.05) is 6.61 Å². The van der Waals surface area contributed by atoms with Crippen LogP contribution in [0.1, 0.15) is 16.8 Å². The fourth-order valence-corrected chi connectivity index (χ4v) is 1.88. The Hall–Kier alpha value is -0.540. The Labute approximate surface area is 89.0 Å². The van der Waals surface area contributed by atoms with Gasteiger partial charge in [-0.15, -0.1) is 0 Å². The minimum atomic E-state index is 0.0487. The Balaban J connectivity index is 2.65. The molecular formula is C9H6BrClO2. The third kappa shape index (κ3) is 1.46. The summed E-state index contributed by atoms with van der Waals surface area (Å²) < 4.78 is 6.03. The van der Waals surface area contributed by atoms with E-state index in [0.29, 0.717) is 29.4 Å². The molecule has 1 aromatic rings. The average Bonchev–Trinajstić information content (AvgIpc) is 2.12. The van der Waals surface area contributed by atoms with Gasteiger partial charge in [-0.3, -0.25) is 4.79 Å². The third-order valence-corrected chi connectivity index (χ3v) is 3.20. The van der Waals surface area contributed by atoms with Crippen LogP contribution in [-0.4, -0.2) is 12.4 Å². The van der Waals surface area contributed by atoms with Gasteiger partial charge < -0.3 is 4.74 Å². The lowest BCUT2D eigenvalue weighted by molar-refractivity contribution is 0.0933. The zero-order valence-electron chi connectivity index (χ0n) is 6.64. The van der Waals surface area contributed by atoms with Crippen LogP contribution in [0.2, 0.25) is 5.02 Å². The molecule has 0 N–H and O–H groups in total. The highest BCUT2D eigenvalue weighted by atomic mass is 79.9. The lowest BCUT2D eigenvalue weighted by Crippen LogP contribution is -2.15. The standard InChI is InChI=1S/C9H6BrClO2/c10-5-1-2-7-8(9(5)11)6(12)3-4-13-7/h1-2H,3-4H2. The van der Waals surface area contributed by atoms with Crippen molar-refractivity contribution in [2.24, 2.45) is 0 Å². The van der Waals surface area contributed by atoms with Crippen LogP contribution in [0.25, 0.3) is 0 Å². The first-order chi connectivity index (χ1) is 6.20. The predicted molar refractivity (Wildman–Crippen MR) is 53.6 cm³/mol. The normalized spacial score (nSPS) is 15.1. The van der Waals surface area contributed by atoms with Gasteiger partial charge in [0.1, 0.15) is 5.75 Å². The zero-order valence-corrected chi connectivity index (χ0v) is 8.98. The molecule has 0 radical (unpaired) electrons. The summed E-state index contributed by atoms with van der Waals surface area (Å²) in [5.41, 5.74) is 0.502. The Morgan fingerprint density at radius 2 is 2.23 bits per heavy atom. The van der Waals surface area contributed by atoms with Crippen molar-refractivity contribution in [3.63, 3.8) is 0 Å². The van der Waals surface area contributed by atoms with Gasteiger partial charge in [0.15, 0.2) is 5.78 Å². The van der Waals surface area contributed by atoms with Crippen molar-refractivity contribution in [3.05, 3.63) is 27.2 Å². The number of halogens is 2. The zero-order chi connectivity index (χ0) is 9.42. The molecule has 2 nitrogen and oxygen atoms in total. The van der Waals surface area contributed by atoms with Gasteiger partial charge in [-0.2, -0.15) is 0 Å². The first-order valence-corrected chi connectivity index (χ1v) is 5.01. The molecule has 0 amide bonds. The van der Waals surface area contributed by atoms with Crippen LogP contribution in [0.4, 0.5) is 0 Å². The molecule has 0 bridgehead atoms. The maximum atomic E-state index is 11.5. The number of carbonyl (C=O) groups excluding carboxylic acids is 1. The lowest BCUT2D eigenvalue weighted by atomic mass is 10.1. The summed E-state index contributed by atoms with van der Waals surface area (Å²) in [6.07, 6.45) is 0.406. The highest BCUT2D eigenvalue weighted by Gasteiger charge is 2.22. The highest BCUT2D eigenvalue weighted by Crippen LogP contribution is 2.35. The summed E-state index contributed by atoms with van der Waals surface area (Å²) in [5, 5.41) is 0.446. The second-order valence-corrected chi connectivity index (χ2v) is 3.99. The molecular weight excluding hydrogens is 255 g/mol. The van der Waals surface area contributed by atoms with E-state index in [2.05, 4.69) is 15.9 Å². The molecule has 1 aliphatic rings. The molecule has 68 valence electrons. The first kappa shape index (κ1) is 9.03. The second-order valence-electron chi connectivity index (χ2n) is 2.76. The minimum Gasteiger partial charge on any atom is -0.492 e. The quantitative estimate of drug-likeness (QED) is 0.717. The van der Waals surface area contributed by atoms with Gasteiger partial charge in [0.2, 0.25) is 0 Å². The fourth-order valence-electron chi connectivity index (χ4n) is 1.29. The van der Waals surface area contributed by atoms with E-state index < -0.39 is 0 Å². The molecule has 0 spiro atoms. The third-order valence-electron chi connectivity index (χ3n) is 1.92. The van der Waals surface area contributed by atoms with Crippen LogP contribution in [0.15, 0.2) is 16.6 Å². The average molecular weight is 262 g/mol. The Kier molecular flexibility index (Phi) is 2.30. The summed E-state index contributed by atoms with van der Waals surface area (Å²) in [6.45, 7) is 0.448. The van der Waals surface area contributed by atoms with E-state index in [1.165, 1.54) is 0 Å².